The number of carbonyl (C=O) groups excluding carboxylic acids is 1. The number of anilines is 1. The Hall–Kier alpha value is -4.16. The normalized spacial score (nSPS) is 11.5. The molecular weight excluding hydrogens is 422 g/mol. The molecular formula is C18H11F4N7O2. The standard InChI is InChI=1S/C18H11F4N7O2/c1-9-6-10(19)2-3-13(9)31-17-12(8-14(24-26-17)18(20,21)22)16(30)23-11-4-5-29-15(7-11)25-27-28-29/h2-8H,1H3,(H,23,30). The van der Waals surface area contributed by atoms with E-state index in [1.54, 1.807) is 0 Å². The Morgan fingerprint density at radius 1 is 1.10 bits per heavy atom. The van der Waals surface area contributed by atoms with E-state index in [0.717, 1.165) is 12.1 Å². The van der Waals surface area contributed by atoms with Gasteiger partial charge in [0.1, 0.15) is 17.1 Å². The van der Waals surface area contributed by atoms with Gasteiger partial charge in [0, 0.05) is 18.0 Å². The fourth-order valence-corrected chi connectivity index (χ4v) is 2.60. The van der Waals surface area contributed by atoms with Crippen LogP contribution >= 0.6 is 0 Å². The van der Waals surface area contributed by atoms with Gasteiger partial charge in [-0.15, -0.1) is 15.3 Å². The zero-order chi connectivity index (χ0) is 22.2. The van der Waals surface area contributed by atoms with Gasteiger partial charge >= 0.3 is 6.18 Å². The maximum Gasteiger partial charge on any atom is 0.435 e. The summed E-state index contributed by atoms with van der Waals surface area (Å²) < 4.78 is 59.5. The molecule has 1 amide bonds. The zero-order valence-corrected chi connectivity index (χ0v) is 15.6. The van der Waals surface area contributed by atoms with Crippen LogP contribution in [0.2, 0.25) is 0 Å². The number of nitrogens with one attached hydrogen (secondary N) is 1. The van der Waals surface area contributed by atoms with E-state index < -0.39 is 35.0 Å². The first-order valence-corrected chi connectivity index (χ1v) is 8.59. The maximum absolute atomic E-state index is 13.3. The summed E-state index contributed by atoms with van der Waals surface area (Å²) in [5.74, 6) is -1.85. The summed E-state index contributed by atoms with van der Waals surface area (Å²) in [5, 5.41) is 19.8. The number of carbonyl (C=O) groups is 1. The lowest BCUT2D eigenvalue weighted by molar-refractivity contribution is -0.141. The quantitative estimate of drug-likeness (QED) is 0.492. The number of aromatic nitrogens is 6. The Kier molecular flexibility index (Phi) is 4.93. The monoisotopic (exact) mass is 433 g/mol. The molecule has 9 nitrogen and oxygen atoms in total. The van der Waals surface area contributed by atoms with Crippen molar-refractivity contribution in [2.45, 2.75) is 13.1 Å². The van der Waals surface area contributed by atoms with E-state index in [0.29, 0.717) is 17.3 Å². The van der Waals surface area contributed by atoms with Crippen LogP contribution in [0.15, 0.2) is 42.6 Å². The highest BCUT2D eigenvalue weighted by molar-refractivity contribution is 6.06. The van der Waals surface area contributed by atoms with E-state index in [4.69, 9.17) is 4.74 Å². The van der Waals surface area contributed by atoms with Crippen molar-refractivity contribution in [1.29, 1.82) is 0 Å². The van der Waals surface area contributed by atoms with Gasteiger partial charge in [-0.1, -0.05) is 0 Å². The molecule has 0 aliphatic carbocycles. The third kappa shape index (κ3) is 4.24. The molecule has 4 aromatic rings. The number of rotatable bonds is 4. The Morgan fingerprint density at radius 3 is 2.65 bits per heavy atom. The number of fused-ring (bicyclic) bond motifs is 1. The number of halogens is 4. The predicted octanol–water partition coefficient (Wildman–Crippen LogP) is 3.43. The van der Waals surface area contributed by atoms with Crippen LogP contribution in [0, 0.1) is 12.7 Å². The van der Waals surface area contributed by atoms with Crippen LogP contribution in [-0.4, -0.2) is 36.1 Å². The van der Waals surface area contributed by atoms with Gasteiger partial charge < -0.3 is 10.1 Å². The van der Waals surface area contributed by atoms with Gasteiger partial charge in [0.25, 0.3) is 11.8 Å². The van der Waals surface area contributed by atoms with E-state index in [1.165, 1.54) is 35.8 Å². The Balaban J connectivity index is 1.70. The summed E-state index contributed by atoms with van der Waals surface area (Å²) >= 11 is 0. The van der Waals surface area contributed by atoms with Gasteiger partial charge in [-0.25, -0.2) is 8.91 Å². The number of aryl methyl sites for hydroxylation is 1. The third-order valence-electron chi connectivity index (χ3n) is 4.09. The van der Waals surface area contributed by atoms with Crippen LogP contribution in [-0.2, 0) is 6.18 Å². The van der Waals surface area contributed by atoms with Gasteiger partial charge in [-0.2, -0.15) is 13.2 Å². The van der Waals surface area contributed by atoms with Gasteiger partial charge in [0.15, 0.2) is 11.3 Å². The molecule has 0 saturated heterocycles. The van der Waals surface area contributed by atoms with Gasteiger partial charge in [-0.3, -0.25) is 4.79 Å². The smallest absolute Gasteiger partial charge is 0.435 e. The molecule has 31 heavy (non-hydrogen) atoms. The number of pyridine rings is 1. The fraction of sp³-hybridized carbons (Fsp3) is 0.111. The van der Waals surface area contributed by atoms with Crippen molar-refractivity contribution in [2.24, 2.45) is 0 Å². The second-order valence-electron chi connectivity index (χ2n) is 6.31. The maximum atomic E-state index is 13.3. The Labute approximate surface area is 170 Å². The Morgan fingerprint density at radius 2 is 1.90 bits per heavy atom. The highest BCUT2D eigenvalue weighted by atomic mass is 19.4. The minimum Gasteiger partial charge on any atom is -0.437 e. The predicted molar refractivity (Wildman–Crippen MR) is 97.0 cm³/mol. The topological polar surface area (TPSA) is 107 Å². The fourth-order valence-electron chi connectivity index (χ4n) is 2.60. The van der Waals surface area contributed by atoms with Crippen molar-refractivity contribution in [1.82, 2.24) is 30.2 Å². The second-order valence-corrected chi connectivity index (χ2v) is 6.31. The average molecular weight is 433 g/mol. The molecule has 0 spiro atoms. The first-order valence-electron chi connectivity index (χ1n) is 8.59. The van der Waals surface area contributed by atoms with Crippen LogP contribution in [0.25, 0.3) is 5.65 Å². The number of nitrogens with zero attached hydrogens (tertiary/aromatic N) is 6. The minimum absolute atomic E-state index is 0.0977. The molecule has 0 fully saturated rings. The SMILES string of the molecule is Cc1cc(F)ccc1Oc1nnc(C(F)(F)F)cc1C(=O)Nc1ccn2nnnc2c1. The summed E-state index contributed by atoms with van der Waals surface area (Å²) in [6, 6.07) is 6.91. The van der Waals surface area contributed by atoms with E-state index >= 15 is 0 Å². The van der Waals surface area contributed by atoms with Crippen LogP contribution < -0.4 is 10.1 Å². The van der Waals surface area contributed by atoms with Crippen molar-refractivity contribution in [3.05, 3.63) is 65.2 Å². The molecule has 0 bridgehead atoms. The summed E-state index contributed by atoms with van der Waals surface area (Å²) in [6.45, 7) is 1.53. The van der Waals surface area contributed by atoms with Gasteiger partial charge in [0.05, 0.1) is 0 Å². The Bertz CT molecular complexity index is 1290. The van der Waals surface area contributed by atoms with Crippen LogP contribution in [0.3, 0.4) is 0 Å². The molecule has 0 aliphatic rings. The first-order chi connectivity index (χ1) is 14.7. The van der Waals surface area contributed by atoms with Crippen LogP contribution in [0.1, 0.15) is 21.6 Å². The molecule has 0 unspecified atom stereocenters. The molecule has 3 heterocycles. The lowest BCUT2D eigenvalue weighted by atomic mass is 10.2. The summed E-state index contributed by atoms with van der Waals surface area (Å²) in [5.41, 5.74) is -1.03. The molecule has 0 saturated carbocycles. The van der Waals surface area contributed by atoms with Crippen molar-refractivity contribution >= 4 is 17.2 Å². The molecule has 1 aromatic carbocycles. The summed E-state index contributed by atoms with van der Waals surface area (Å²) in [4.78, 5) is 12.8. The molecule has 13 heteroatoms. The highest BCUT2D eigenvalue weighted by Crippen LogP contribution is 2.32. The van der Waals surface area contributed by atoms with E-state index in [2.05, 4.69) is 31.0 Å². The van der Waals surface area contributed by atoms with Crippen molar-refractivity contribution < 1.29 is 27.1 Å². The molecule has 3 aromatic heterocycles. The number of hydrogen-bond donors (Lipinski definition) is 1. The molecule has 0 aliphatic heterocycles. The van der Waals surface area contributed by atoms with Crippen molar-refractivity contribution in [2.75, 3.05) is 5.32 Å². The number of benzene rings is 1. The molecule has 4 rings (SSSR count). The number of alkyl halides is 3. The first kappa shape index (κ1) is 20.1. The minimum atomic E-state index is -4.83. The van der Waals surface area contributed by atoms with Crippen molar-refractivity contribution in [3.63, 3.8) is 0 Å². The zero-order valence-electron chi connectivity index (χ0n) is 15.6. The van der Waals surface area contributed by atoms with Gasteiger partial charge in [-0.05, 0) is 53.2 Å². The molecule has 1 N–H and O–H groups in total. The van der Waals surface area contributed by atoms with E-state index in [9.17, 15) is 22.4 Å². The van der Waals surface area contributed by atoms with Crippen LogP contribution in [0.5, 0.6) is 11.6 Å². The largest absolute Gasteiger partial charge is 0.437 e. The lowest BCUT2D eigenvalue weighted by Crippen LogP contribution is -2.18. The van der Waals surface area contributed by atoms with Crippen molar-refractivity contribution in [3.8, 4) is 11.6 Å². The highest BCUT2D eigenvalue weighted by Gasteiger charge is 2.35. The summed E-state index contributed by atoms with van der Waals surface area (Å²) in [7, 11) is 0. The molecule has 0 radical (unpaired) electrons. The average Bonchev–Trinajstić information content (AvgIpc) is 3.17. The lowest BCUT2D eigenvalue weighted by Gasteiger charge is -2.13. The number of amides is 1. The molecule has 158 valence electrons. The third-order valence-corrected chi connectivity index (χ3v) is 4.09. The number of hydrogen-bond acceptors (Lipinski definition) is 7. The number of ether oxygens (including phenoxy) is 1. The van der Waals surface area contributed by atoms with E-state index in [1.807, 2.05) is 0 Å². The van der Waals surface area contributed by atoms with Gasteiger partial charge in [0.2, 0.25) is 0 Å². The second kappa shape index (κ2) is 7.59. The molecule has 0 atom stereocenters. The van der Waals surface area contributed by atoms with Crippen LogP contribution in [0.4, 0.5) is 23.2 Å². The number of tetrazole rings is 1. The van der Waals surface area contributed by atoms with E-state index in [-0.39, 0.29) is 11.4 Å². The summed E-state index contributed by atoms with van der Waals surface area (Å²) in [6.07, 6.45) is -3.38.